The smallest absolute Gasteiger partial charge is 0.389 e. The van der Waals surface area contributed by atoms with E-state index in [9.17, 15) is 27.5 Å². The average molecular weight is 529 g/mol. The van der Waals surface area contributed by atoms with Gasteiger partial charge in [-0.15, -0.1) is 0 Å². The van der Waals surface area contributed by atoms with Crippen LogP contribution in [0.15, 0.2) is 82.9 Å². The Labute approximate surface area is 215 Å². The number of anilines is 1. The number of nitrogens with zero attached hydrogens (tertiary/aromatic N) is 2. The number of amides is 1. The first-order valence-corrected chi connectivity index (χ1v) is 11.4. The molecule has 0 radical (unpaired) electrons. The number of hydrazine groups is 1. The van der Waals surface area contributed by atoms with Gasteiger partial charge in [-0.25, -0.2) is 9.82 Å². The van der Waals surface area contributed by atoms with E-state index in [1.807, 2.05) is 0 Å². The highest BCUT2D eigenvalue weighted by atomic mass is 19.4. The molecule has 12 heteroatoms. The zero-order valence-corrected chi connectivity index (χ0v) is 20.3. The number of dihydropyridines is 1. The molecule has 198 valence electrons. The Hall–Kier alpha value is -4.29. The summed E-state index contributed by atoms with van der Waals surface area (Å²) < 4.78 is 56.1. The highest BCUT2D eigenvalue weighted by Crippen LogP contribution is 2.37. The van der Waals surface area contributed by atoms with Gasteiger partial charge in [-0.2, -0.15) is 13.2 Å². The highest BCUT2D eigenvalue weighted by molar-refractivity contribution is 6.13. The van der Waals surface area contributed by atoms with E-state index in [2.05, 4.69) is 21.1 Å². The van der Waals surface area contributed by atoms with Crippen LogP contribution < -0.4 is 16.1 Å². The molecular formula is C26H24F4N6O2. The lowest BCUT2D eigenvalue weighted by molar-refractivity contribution is -0.138. The number of aliphatic imine (C=N–C) groups is 1. The van der Waals surface area contributed by atoms with Crippen molar-refractivity contribution in [1.82, 2.24) is 15.8 Å². The molecule has 2 aromatic rings. The molecule has 2 unspecified atom stereocenters. The summed E-state index contributed by atoms with van der Waals surface area (Å²) in [5.74, 6) is -2.51. The number of aliphatic hydroxyl groups is 1. The molecule has 4 rings (SSSR count). The lowest BCUT2D eigenvalue weighted by Gasteiger charge is -2.22. The summed E-state index contributed by atoms with van der Waals surface area (Å²) in [6.07, 6.45) is -0.0956. The minimum Gasteiger partial charge on any atom is -0.389 e. The maximum atomic E-state index is 15.0. The van der Waals surface area contributed by atoms with Crippen LogP contribution in [0.3, 0.4) is 0 Å². The lowest BCUT2D eigenvalue weighted by atomic mass is 9.96. The summed E-state index contributed by atoms with van der Waals surface area (Å²) >= 11 is 0. The number of halogens is 4. The molecule has 0 bridgehead atoms. The van der Waals surface area contributed by atoms with Crippen molar-refractivity contribution < 1.29 is 27.5 Å². The molecule has 8 nitrogen and oxygen atoms in total. The number of carbonyl (C=O) groups is 1. The standard InChI is InChI=1S/C26H24F4N6O2/c1-14(37)15-10-21(31)23(32-13-15)24(33-16-6-4-3-5-7-16)34-25(38)18-11-17(22-8-9-36(2)35-22)19(12-20(18)27)26(28,29)30/h3-14,22,31,33,35,37H,1-2H3,(H,34,38)/b24-23-,31-21?. The molecule has 0 saturated carbocycles. The predicted octanol–water partition coefficient (Wildman–Crippen LogP) is 4.27. The van der Waals surface area contributed by atoms with Crippen LogP contribution in [-0.2, 0) is 6.18 Å². The van der Waals surface area contributed by atoms with Gasteiger partial charge in [-0.05, 0) is 48.9 Å². The first-order valence-electron chi connectivity index (χ1n) is 11.4. The zero-order valence-electron chi connectivity index (χ0n) is 20.3. The maximum absolute atomic E-state index is 15.0. The van der Waals surface area contributed by atoms with E-state index < -0.39 is 41.2 Å². The fourth-order valence-electron chi connectivity index (χ4n) is 3.87. The van der Waals surface area contributed by atoms with E-state index >= 15 is 0 Å². The number of hydrogen-bond donors (Lipinski definition) is 5. The Morgan fingerprint density at radius 2 is 1.95 bits per heavy atom. The largest absolute Gasteiger partial charge is 0.416 e. The van der Waals surface area contributed by atoms with Crippen LogP contribution in [0.1, 0.15) is 34.5 Å². The first-order chi connectivity index (χ1) is 17.9. The average Bonchev–Trinajstić information content (AvgIpc) is 3.29. The summed E-state index contributed by atoms with van der Waals surface area (Å²) in [7, 11) is 1.59. The van der Waals surface area contributed by atoms with Gasteiger partial charge in [0.15, 0.2) is 0 Å². The Balaban J connectivity index is 1.74. The zero-order chi connectivity index (χ0) is 27.6. The molecule has 0 aliphatic carbocycles. The maximum Gasteiger partial charge on any atom is 0.416 e. The first kappa shape index (κ1) is 26.8. The van der Waals surface area contributed by atoms with Gasteiger partial charge >= 0.3 is 6.18 Å². The number of benzene rings is 2. The van der Waals surface area contributed by atoms with Gasteiger partial charge in [-0.3, -0.25) is 15.2 Å². The predicted molar refractivity (Wildman–Crippen MR) is 135 cm³/mol. The van der Waals surface area contributed by atoms with Gasteiger partial charge in [0.05, 0.1) is 29.0 Å². The fourth-order valence-corrected chi connectivity index (χ4v) is 3.87. The summed E-state index contributed by atoms with van der Waals surface area (Å²) in [4.78, 5) is 17.4. The van der Waals surface area contributed by atoms with Gasteiger partial charge in [0.2, 0.25) is 0 Å². The van der Waals surface area contributed by atoms with Crippen molar-refractivity contribution in [1.29, 1.82) is 5.41 Å². The number of hydrogen-bond acceptors (Lipinski definition) is 7. The molecule has 1 amide bonds. The van der Waals surface area contributed by atoms with E-state index in [0.717, 1.165) is 6.07 Å². The van der Waals surface area contributed by atoms with Gasteiger partial charge in [0, 0.05) is 30.7 Å². The molecule has 2 aliphatic heterocycles. The monoisotopic (exact) mass is 528 g/mol. The minimum atomic E-state index is -4.86. The quantitative estimate of drug-likeness (QED) is 0.360. The number of alkyl halides is 3. The van der Waals surface area contributed by atoms with Crippen LogP contribution in [0.25, 0.3) is 0 Å². The fraction of sp³-hybridized carbons (Fsp3) is 0.192. The number of rotatable bonds is 6. The van der Waals surface area contributed by atoms with E-state index in [1.54, 1.807) is 37.4 Å². The lowest BCUT2D eigenvalue weighted by Crippen LogP contribution is -2.32. The van der Waals surface area contributed by atoms with E-state index in [-0.39, 0.29) is 22.8 Å². The molecule has 0 spiro atoms. The molecular weight excluding hydrogens is 504 g/mol. The second kappa shape index (κ2) is 10.6. The number of allylic oxidation sites excluding steroid dienone is 1. The molecule has 2 aliphatic rings. The molecule has 2 aromatic carbocycles. The Bertz CT molecular complexity index is 1380. The van der Waals surface area contributed by atoms with Crippen LogP contribution in [0.5, 0.6) is 0 Å². The topological polar surface area (TPSA) is 113 Å². The third-order valence-corrected chi connectivity index (χ3v) is 5.78. The van der Waals surface area contributed by atoms with Crippen molar-refractivity contribution in [3.05, 3.63) is 100 Å². The number of para-hydroxylation sites is 1. The second-order valence-electron chi connectivity index (χ2n) is 8.64. The number of nitrogens with one attached hydrogen (secondary N) is 4. The van der Waals surface area contributed by atoms with Crippen molar-refractivity contribution in [3.63, 3.8) is 0 Å². The summed E-state index contributed by atoms with van der Waals surface area (Å²) in [5, 5.41) is 25.0. The van der Waals surface area contributed by atoms with Crippen molar-refractivity contribution in [2.75, 3.05) is 12.4 Å². The Morgan fingerprint density at radius 3 is 2.53 bits per heavy atom. The molecule has 0 aromatic heterocycles. The van der Waals surface area contributed by atoms with Crippen LogP contribution in [-0.4, -0.2) is 41.1 Å². The van der Waals surface area contributed by atoms with Crippen molar-refractivity contribution >= 4 is 23.5 Å². The summed E-state index contributed by atoms with van der Waals surface area (Å²) in [5.41, 5.74) is 1.30. The van der Waals surface area contributed by atoms with E-state index in [1.165, 1.54) is 36.5 Å². The van der Waals surface area contributed by atoms with Crippen LogP contribution >= 0.6 is 0 Å². The van der Waals surface area contributed by atoms with Gasteiger partial charge in [0.1, 0.15) is 17.3 Å². The van der Waals surface area contributed by atoms with Crippen molar-refractivity contribution in [2.24, 2.45) is 4.99 Å². The van der Waals surface area contributed by atoms with E-state index in [4.69, 9.17) is 5.41 Å². The number of carbonyl (C=O) groups excluding carboxylic acids is 1. The molecule has 0 fully saturated rings. The summed E-state index contributed by atoms with van der Waals surface area (Å²) in [6.45, 7) is 1.50. The second-order valence-corrected chi connectivity index (χ2v) is 8.64. The van der Waals surface area contributed by atoms with E-state index in [0.29, 0.717) is 17.3 Å². The van der Waals surface area contributed by atoms with Gasteiger partial charge in [-0.1, -0.05) is 18.2 Å². The summed E-state index contributed by atoms with van der Waals surface area (Å²) in [6, 6.07) is 8.76. The molecule has 5 N–H and O–H groups in total. The Morgan fingerprint density at radius 1 is 1.24 bits per heavy atom. The minimum absolute atomic E-state index is 0.0267. The van der Waals surface area contributed by atoms with Crippen molar-refractivity contribution in [3.8, 4) is 0 Å². The van der Waals surface area contributed by atoms with Gasteiger partial charge in [0.25, 0.3) is 5.91 Å². The molecule has 0 saturated heterocycles. The molecule has 2 atom stereocenters. The van der Waals surface area contributed by atoms with Crippen LogP contribution in [0.4, 0.5) is 23.2 Å². The SMILES string of the molecule is CC(O)C1=CC(=N)/C(=C(/NC(=O)c2cc(C3C=CN(C)N3)c(C(F)(F)F)cc2F)Nc2ccccc2)N=C1. The van der Waals surface area contributed by atoms with Gasteiger partial charge < -0.3 is 20.7 Å². The van der Waals surface area contributed by atoms with Crippen LogP contribution in [0.2, 0.25) is 0 Å². The molecule has 2 heterocycles. The van der Waals surface area contributed by atoms with Crippen molar-refractivity contribution in [2.45, 2.75) is 25.2 Å². The number of aliphatic hydroxyl groups excluding tert-OH is 1. The third-order valence-electron chi connectivity index (χ3n) is 5.78. The third kappa shape index (κ3) is 5.82. The molecule has 38 heavy (non-hydrogen) atoms. The normalized spacial score (nSPS) is 19.3. The highest BCUT2D eigenvalue weighted by Gasteiger charge is 2.37. The van der Waals surface area contributed by atoms with Crippen LogP contribution in [0, 0.1) is 11.2 Å². The Kier molecular flexibility index (Phi) is 7.46.